The Hall–Kier alpha value is -2.12. The Bertz CT molecular complexity index is 1100. The van der Waals surface area contributed by atoms with E-state index in [1.807, 2.05) is 34.1 Å². The van der Waals surface area contributed by atoms with E-state index >= 15 is 0 Å². The number of nitrogens with two attached hydrogens (primary N) is 1. The first-order valence-corrected chi connectivity index (χ1v) is 15.3. The Kier molecular flexibility index (Phi) is 8.69. The van der Waals surface area contributed by atoms with Crippen LogP contribution >= 0.6 is 11.6 Å². The highest BCUT2D eigenvalue weighted by Crippen LogP contribution is 2.41. The molecule has 0 radical (unpaired) electrons. The summed E-state index contributed by atoms with van der Waals surface area (Å²) in [4.78, 5) is 46.7. The zero-order valence-electron chi connectivity index (χ0n) is 25.5. The SMILES string of the molecule is CC1(C)CCC(N(C(=O)C(C)(C)C(N)=O)[C@H]2CCN(C(=O)[C@@H]3CN(C(C)(C)C)C[C@H]3c3ccc(Cl)cc3)C2)CC1. The van der Waals surface area contributed by atoms with Crippen molar-refractivity contribution >= 4 is 29.3 Å². The van der Waals surface area contributed by atoms with E-state index in [1.54, 1.807) is 13.8 Å². The highest BCUT2D eigenvalue weighted by atomic mass is 35.5. The van der Waals surface area contributed by atoms with Crippen LogP contribution in [0.25, 0.3) is 0 Å². The smallest absolute Gasteiger partial charge is 0.238 e. The van der Waals surface area contributed by atoms with Crippen LogP contribution in [0.2, 0.25) is 5.02 Å². The zero-order valence-corrected chi connectivity index (χ0v) is 26.3. The highest BCUT2D eigenvalue weighted by molar-refractivity contribution is 6.30. The number of amides is 3. The van der Waals surface area contributed by atoms with Gasteiger partial charge in [-0.15, -0.1) is 0 Å². The number of hydrogen-bond donors (Lipinski definition) is 1. The summed E-state index contributed by atoms with van der Waals surface area (Å²) in [5, 5.41) is 0.689. The number of benzene rings is 1. The molecule has 4 rings (SSSR count). The molecule has 8 heteroatoms. The highest BCUT2D eigenvalue weighted by Gasteiger charge is 2.48. The van der Waals surface area contributed by atoms with Gasteiger partial charge in [-0.05, 0) is 89.8 Å². The molecular formula is C32H49ClN4O3. The van der Waals surface area contributed by atoms with Crippen molar-refractivity contribution in [2.75, 3.05) is 26.2 Å². The number of nitrogens with zero attached hydrogens (tertiary/aromatic N) is 3. The minimum atomic E-state index is -1.29. The van der Waals surface area contributed by atoms with E-state index in [0.717, 1.165) is 37.8 Å². The van der Waals surface area contributed by atoms with Gasteiger partial charge in [0.15, 0.2) is 0 Å². The summed E-state index contributed by atoms with van der Waals surface area (Å²) < 4.78 is 0. The molecule has 3 fully saturated rings. The van der Waals surface area contributed by atoms with Crippen molar-refractivity contribution in [2.24, 2.45) is 22.5 Å². The summed E-state index contributed by atoms with van der Waals surface area (Å²) in [6, 6.07) is 7.84. The topological polar surface area (TPSA) is 87.0 Å². The first-order chi connectivity index (χ1) is 18.5. The summed E-state index contributed by atoms with van der Waals surface area (Å²) in [7, 11) is 0. The number of halogens is 1. The average Bonchev–Trinajstić information content (AvgIpc) is 3.53. The van der Waals surface area contributed by atoms with Gasteiger partial charge in [0.25, 0.3) is 0 Å². The van der Waals surface area contributed by atoms with E-state index in [2.05, 4.69) is 39.5 Å². The fourth-order valence-electron chi connectivity index (χ4n) is 6.77. The van der Waals surface area contributed by atoms with Crippen molar-refractivity contribution in [2.45, 2.75) is 104 Å². The van der Waals surface area contributed by atoms with E-state index in [1.165, 1.54) is 0 Å². The second kappa shape index (κ2) is 11.3. The maximum absolute atomic E-state index is 14.2. The number of likely N-dealkylation sites (tertiary alicyclic amines) is 2. The second-order valence-electron chi connectivity index (χ2n) is 14.7. The van der Waals surface area contributed by atoms with Crippen molar-refractivity contribution in [3.05, 3.63) is 34.9 Å². The van der Waals surface area contributed by atoms with Gasteiger partial charge in [-0.3, -0.25) is 19.3 Å². The van der Waals surface area contributed by atoms with Crippen LogP contribution in [0.1, 0.15) is 92.1 Å². The third-order valence-electron chi connectivity index (χ3n) is 9.84. The number of carbonyl (C=O) groups is 3. The molecule has 222 valence electrons. The molecule has 0 spiro atoms. The van der Waals surface area contributed by atoms with Gasteiger partial charge in [-0.2, -0.15) is 0 Å². The molecule has 1 aromatic rings. The Morgan fingerprint density at radius 3 is 2.08 bits per heavy atom. The van der Waals surface area contributed by atoms with Gasteiger partial charge in [0, 0.05) is 48.7 Å². The average molecular weight is 573 g/mol. The van der Waals surface area contributed by atoms with Gasteiger partial charge in [0.2, 0.25) is 17.7 Å². The quantitative estimate of drug-likeness (QED) is 0.483. The summed E-state index contributed by atoms with van der Waals surface area (Å²) in [6.45, 7) is 17.0. The number of primary amides is 1. The van der Waals surface area contributed by atoms with Crippen LogP contribution in [0, 0.1) is 16.7 Å². The molecule has 2 saturated heterocycles. The molecule has 1 aliphatic carbocycles. The molecule has 0 bridgehead atoms. The molecule has 0 unspecified atom stereocenters. The third kappa shape index (κ3) is 6.35. The maximum Gasteiger partial charge on any atom is 0.238 e. The molecule has 2 heterocycles. The fraction of sp³-hybridized carbons (Fsp3) is 0.719. The molecule has 3 atom stereocenters. The van der Waals surface area contributed by atoms with Gasteiger partial charge < -0.3 is 15.5 Å². The predicted octanol–water partition coefficient (Wildman–Crippen LogP) is 5.06. The molecule has 7 nitrogen and oxygen atoms in total. The normalized spacial score (nSPS) is 26.2. The largest absolute Gasteiger partial charge is 0.369 e. The molecule has 1 aromatic carbocycles. The number of hydrogen-bond acceptors (Lipinski definition) is 4. The van der Waals surface area contributed by atoms with E-state index in [4.69, 9.17) is 17.3 Å². The van der Waals surface area contributed by atoms with E-state index in [9.17, 15) is 14.4 Å². The Morgan fingerprint density at radius 1 is 0.925 bits per heavy atom. The summed E-state index contributed by atoms with van der Waals surface area (Å²) in [5.41, 5.74) is 5.75. The lowest BCUT2D eigenvalue weighted by atomic mass is 9.74. The number of carbonyl (C=O) groups excluding carboxylic acids is 3. The van der Waals surface area contributed by atoms with Crippen LogP contribution in [0.15, 0.2) is 24.3 Å². The zero-order chi connectivity index (χ0) is 29.6. The van der Waals surface area contributed by atoms with Crippen molar-refractivity contribution in [3.63, 3.8) is 0 Å². The first-order valence-electron chi connectivity index (χ1n) is 14.9. The fourth-order valence-corrected chi connectivity index (χ4v) is 6.90. The monoisotopic (exact) mass is 572 g/mol. The summed E-state index contributed by atoms with van der Waals surface area (Å²) in [6.07, 6.45) is 4.58. The Morgan fingerprint density at radius 2 is 1.52 bits per heavy atom. The van der Waals surface area contributed by atoms with Crippen LogP contribution in [0.3, 0.4) is 0 Å². The first kappa shape index (κ1) is 30.8. The van der Waals surface area contributed by atoms with Gasteiger partial charge in [-0.25, -0.2) is 0 Å². The summed E-state index contributed by atoms with van der Waals surface area (Å²) >= 11 is 6.18. The van der Waals surface area contributed by atoms with E-state index < -0.39 is 11.3 Å². The Labute approximate surface area is 245 Å². The van der Waals surface area contributed by atoms with Crippen molar-refractivity contribution < 1.29 is 14.4 Å². The summed E-state index contributed by atoms with van der Waals surface area (Å²) in [5.74, 6) is -0.747. The van der Waals surface area contributed by atoms with Crippen LogP contribution in [0.4, 0.5) is 0 Å². The molecule has 2 N–H and O–H groups in total. The van der Waals surface area contributed by atoms with Gasteiger partial charge in [0.1, 0.15) is 5.41 Å². The van der Waals surface area contributed by atoms with Gasteiger partial charge in [-0.1, -0.05) is 37.6 Å². The lowest BCUT2D eigenvalue weighted by Crippen LogP contribution is -2.57. The molecular weight excluding hydrogens is 524 g/mol. The van der Waals surface area contributed by atoms with Crippen molar-refractivity contribution in [3.8, 4) is 0 Å². The van der Waals surface area contributed by atoms with Crippen LogP contribution < -0.4 is 5.73 Å². The van der Waals surface area contributed by atoms with Crippen LogP contribution in [-0.2, 0) is 14.4 Å². The van der Waals surface area contributed by atoms with E-state index in [0.29, 0.717) is 31.1 Å². The van der Waals surface area contributed by atoms with Crippen molar-refractivity contribution in [1.82, 2.24) is 14.7 Å². The molecule has 3 amide bonds. The van der Waals surface area contributed by atoms with E-state index in [-0.39, 0.29) is 46.7 Å². The van der Waals surface area contributed by atoms with Crippen molar-refractivity contribution in [1.29, 1.82) is 0 Å². The van der Waals surface area contributed by atoms with Crippen LogP contribution in [-0.4, -0.2) is 76.2 Å². The number of rotatable bonds is 6. The van der Waals surface area contributed by atoms with Gasteiger partial charge >= 0.3 is 0 Å². The lowest BCUT2D eigenvalue weighted by Gasteiger charge is -2.45. The predicted molar refractivity (Wildman–Crippen MR) is 160 cm³/mol. The lowest BCUT2D eigenvalue weighted by molar-refractivity contribution is -0.152. The molecule has 0 aromatic heterocycles. The standard InChI is InChI=1S/C32H49ClN4O3/c1-30(2,3)36-19-25(21-8-10-22(33)11-9-21)26(20-36)27(38)35-17-14-24(18-35)37(29(40)32(6,7)28(34)39)23-12-15-31(4,5)16-13-23/h8-11,23-26H,12-20H2,1-7H3,(H2,34,39)/t24-,25-,26+/m0/s1. The third-order valence-corrected chi connectivity index (χ3v) is 10.1. The Balaban J connectivity index is 1.56. The van der Waals surface area contributed by atoms with Crippen LogP contribution in [0.5, 0.6) is 0 Å². The molecule has 40 heavy (non-hydrogen) atoms. The molecule has 1 saturated carbocycles. The minimum absolute atomic E-state index is 0.0500. The maximum atomic E-state index is 14.2. The van der Waals surface area contributed by atoms with Gasteiger partial charge in [0.05, 0.1) is 12.0 Å². The molecule has 2 aliphatic heterocycles. The molecule has 3 aliphatic rings. The minimum Gasteiger partial charge on any atom is -0.369 e. The second-order valence-corrected chi connectivity index (χ2v) is 15.1.